The number of nitrogens with zero attached hydrogens (tertiary/aromatic N) is 2. The van der Waals surface area contributed by atoms with Crippen LogP contribution in [0.25, 0.3) is 6.08 Å². The smallest absolute Gasteiger partial charge is 0.0809 e. The van der Waals surface area contributed by atoms with E-state index >= 15 is 0 Å². The average Bonchev–Trinajstić information content (AvgIpc) is 3.16. The molecule has 3 heteroatoms. The first-order chi connectivity index (χ1) is 12.9. The van der Waals surface area contributed by atoms with E-state index in [4.69, 9.17) is 0 Å². The van der Waals surface area contributed by atoms with Gasteiger partial charge in [-0.25, -0.2) is 0 Å². The maximum Gasteiger partial charge on any atom is 0.0809 e. The van der Waals surface area contributed by atoms with Gasteiger partial charge in [0.25, 0.3) is 0 Å². The van der Waals surface area contributed by atoms with Crippen molar-refractivity contribution in [2.24, 2.45) is 41.5 Å². The number of hydrogen-bond acceptors (Lipinski definition) is 2. The third-order valence-corrected chi connectivity index (χ3v) is 9.53. The van der Waals surface area contributed by atoms with Crippen molar-refractivity contribution in [2.45, 2.75) is 77.7 Å². The summed E-state index contributed by atoms with van der Waals surface area (Å²) in [4.78, 5) is 0. The molecule has 3 nitrogen and oxygen atoms in total. The largest absolute Gasteiger partial charge is 0.388 e. The summed E-state index contributed by atoms with van der Waals surface area (Å²) >= 11 is 0. The Kier molecular flexibility index (Phi) is 4.13. The fraction of sp³-hybridized carbons (Fsp3) is 0.792. The van der Waals surface area contributed by atoms with E-state index in [1.165, 1.54) is 56.9 Å². The van der Waals surface area contributed by atoms with Crippen LogP contribution in [0.4, 0.5) is 0 Å². The predicted molar refractivity (Wildman–Crippen MR) is 109 cm³/mol. The number of hydrogen-bond donors (Lipinski definition) is 1. The van der Waals surface area contributed by atoms with Crippen molar-refractivity contribution >= 4 is 6.08 Å². The number of fused-ring (bicyclic) bond motifs is 5. The van der Waals surface area contributed by atoms with Gasteiger partial charge in [-0.15, -0.1) is 0 Å². The molecular weight excluding hydrogens is 332 g/mol. The van der Waals surface area contributed by atoms with Gasteiger partial charge in [0.05, 0.1) is 12.3 Å². The van der Waals surface area contributed by atoms with E-state index < -0.39 is 0 Å². The molecule has 148 valence electrons. The second-order valence-corrected chi connectivity index (χ2v) is 10.7. The summed E-state index contributed by atoms with van der Waals surface area (Å²) < 4.78 is 1.85. The molecule has 4 fully saturated rings. The molecule has 5 rings (SSSR count). The second-order valence-electron chi connectivity index (χ2n) is 10.7. The van der Waals surface area contributed by atoms with E-state index in [0.29, 0.717) is 11.3 Å². The lowest BCUT2D eigenvalue weighted by Gasteiger charge is -2.60. The summed E-state index contributed by atoms with van der Waals surface area (Å²) in [6.07, 6.45) is 18.2. The highest BCUT2D eigenvalue weighted by molar-refractivity contribution is 5.54. The third-order valence-electron chi connectivity index (χ3n) is 9.53. The first-order valence-corrected chi connectivity index (χ1v) is 11.3. The van der Waals surface area contributed by atoms with Gasteiger partial charge in [-0.05, 0) is 79.6 Å². The number of aromatic nitrogens is 2. The van der Waals surface area contributed by atoms with Gasteiger partial charge in [0, 0.05) is 24.2 Å². The topological polar surface area (TPSA) is 38.0 Å². The Labute approximate surface area is 164 Å². The minimum Gasteiger partial charge on any atom is -0.388 e. The summed E-state index contributed by atoms with van der Waals surface area (Å²) in [7, 11) is 1.96. The van der Waals surface area contributed by atoms with Crippen LogP contribution in [0.5, 0.6) is 0 Å². The summed E-state index contributed by atoms with van der Waals surface area (Å²) in [6.45, 7) is 5.02. The highest BCUT2D eigenvalue weighted by Gasteiger charge is 2.60. The van der Waals surface area contributed by atoms with E-state index in [2.05, 4.69) is 31.2 Å². The molecule has 4 aliphatic carbocycles. The molecule has 4 saturated carbocycles. The zero-order valence-electron chi connectivity index (χ0n) is 17.3. The van der Waals surface area contributed by atoms with Gasteiger partial charge in [0.1, 0.15) is 0 Å². The lowest BCUT2D eigenvalue weighted by molar-refractivity contribution is -0.119. The van der Waals surface area contributed by atoms with Crippen LogP contribution in [0.1, 0.15) is 77.2 Å². The third kappa shape index (κ3) is 2.60. The molecule has 4 aliphatic rings. The Balaban J connectivity index is 1.45. The van der Waals surface area contributed by atoms with Crippen LogP contribution in [0, 0.1) is 34.5 Å². The van der Waals surface area contributed by atoms with E-state index in [1.54, 1.807) is 0 Å². The van der Waals surface area contributed by atoms with Gasteiger partial charge in [-0.2, -0.15) is 5.10 Å². The van der Waals surface area contributed by atoms with Crippen molar-refractivity contribution < 1.29 is 5.11 Å². The Morgan fingerprint density at radius 2 is 1.93 bits per heavy atom. The fourth-order valence-electron chi connectivity index (χ4n) is 8.02. The molecule has 0 aromatic carbocycles. The Morgan fingerprint density at radius 3 is 2.70 bits per heavy atom. The quantitative estimate of drug-likeness (QED) is 0.739. The van der Waals surface area contributed by atoms with Gasteiger partial charge >= 0.3 is 0 Å². The van der Waals surface area contributed by atoms with E-state index in [9.17, 15) is 5.11 Å². The number of aliphatic hydroxyl groups is 1. The van der Waals surface area contributed by atoms with E-state index in [0.717, 1.165) is 29.7 Å². The molecule has 0 saturated heterocycles. The number of aryl methyl sites for hydroxylation is 1. The van der Waals surface area contributed by atoms with Gasteiger partial charge in [0.2, 0.25) is 0 Å². The molecule has 0 radical (unpaired) electrons. The number of rotatable bonds is 1. The maximum absolute atomic E-state index is 11.3. The molecule has 0 amide bonds. The van der Waals surface area contributed by atoms with Crippen LogP contribution in [-0.2, 0) is 7.05 Å². The molecule has 1 N–H and O–H groups in total. The van der Waals surface area contributed by atoms with Crippen LogP contribution >= 0.6 is 0 Å². The molecule has 7 atom stereocenters. The second kappa shape index (κ2) is 6.20. The molecule has 0 unspecified atom stereocenters. The van der Waals surface area contributed by atoms with Crippen molar-refractivity contribution in [3.63, 3.8) is 0 Å². The molecule has 1 heterocycles. The summed E-state index contributed by atoms with van der Waals surface area (Å²) in [6, 6.07) is 0. The van der Waals surface area contributed by atoms with Crippen LogP contribution in [0.3, 0.4) is 0 Å². The maximum atomic E-state index is 11.3. The minimum atomic E-state index is -0.277. The first kappa shape index (κ1) is 18.0. The zero-order valence-corrected chi connectivity index (χ0v) is 17.3. The summed E-state index contributed by atoms with van der Waals surface area (Å²) in [5.41, 5.74) is 3.04. The number of aliphatic hydroxyl groups excluding tert-OH is 1. The Morgan fingerprint density at radius 1 is 1.07 bits per heavy atom. The van der Waals surface area contributed by atoms with Gasteiger partial charge in [-0.1, -0.05) is 32.8 Å². The van der Waals surface area contributed by atoms with Crippen LogP contribution in [-0.4, -0.2) is 21.0 Å². The van der Waals surface area contributed by atoms with Crippen molar-refractivity contribution in [2.75, 3.05) is 0 Å². The molecule has 27 heavy (non-hydrogen) atoms. The monoisotopic (exact) mass is 368 g/mol. The first-order valence-electron chi connectivity index (χ1n) is 11.3. The Bertz CT molecular complexity index is 751. The van der Waals surface area contributed by atoms with Crippen molar-refractivity contribution in [3.8, 4) is 0 Å². The molecule has 1 aromatic heterocycles. The SMILES string of the molecule is Cn1cc(/C=C2\C[C@H]3[C@@H]4CC[C@@H]5CCCC[C@]5(C)[C@H]4CC[C@]3(C)[C@H]2O)cn1. The summed E-state index contributed by atoms with van der Waals surface area (Å²) in [5, 5.41) is 15.6. The zero-order chi connectivity index (χ0) is 18.8. The molecule has 1 aromatic rings. The summed E-state index contributed by atoms with van der Waals surface area (Å²) in [5.74, 6) is 3.33. The lowest BCUT2D eigenvalue weighted by Crippen LogP contribution is -2.53. The van der Waals surface area contributed by atoms with Crippen LogP contribution in [0.15, 0.2) is 18.0 Å². The minimum absolute atomic E-state index is 0.0765. The predicted octanol–water partition coefficient (Wildman–Crippen LogP) is 5.21. The molecular formula is C24H36N2O. The fourth-order valence-corrected chi connectivity index (χ4v) is 8.02. The van der Waals surface area contributed by atoms with Crippen molar-refractivity contribution in [1.29, 1.82) is 0 Å². The van der Waals surface area contributed by atoms with Crippen LogP contribution < -0.4 is 0 Å². The van der Waals surface area contributed by atoms with Gasteiger partial charge in [-0.3, -0.25) is 4.68 Å². The highest BCUT2D eigenvalue weighted by atomic mass is 16.3. The molecule has 0 bridgehead atoms. The lowest BCUT2D eigenvalue weighted by atomic mass is 9.45. The van der Waals surface area contributed by atoms with E-state index in [-0.39, 0.29) is 11.5 Å². The van der Waals surface area contributed by atoms with Gasteiger partial charge in [0.15, 0.2) is 0 Å². The Hall–Kier alpha value is -1.09. The normalized spacial score (nSPS) is 48.1. The van der Waals surface area contributed by atoms with Crippen molar-refractivity contribution in [1.82, 2.24) is 9.78 Å². The average molecular weight is 369 g/mol. The highest BCUT2D eigenvalue weighted by Crippen LogP contribution is 2.66. The molecule has 0 aliphatic heterocycles. The van der Waals surface area contributed by atoms with Crippen molar-refractivity contribution in [3.05, 3.63) is 23.5 Å². The van der Waals surface area contributed by atoms with Crippen LogP contribution in [0.2, 0.25) is 0 Å². The van der Waals surface area contributed by atoms with E-state index in [1.807, 2.05) is 17.9 Å². The van der Waals surface area contributed by atoms with Gasteiger partial charge < -0.3 is 5.11 Å². The standard InChI is InChI=1S/C24H36N2O/c1-23-10-5-4-6-18(23)7-8-19-20(23)9-11-24(2)21(19)13-17(22(24)27)12-16-14-25-26(3)15-16/h12,14-15,18-22,27H,4-11,13H2,1-3H3/b17-12+/t18-,19+,20-,21-,22-,23-,24-/m0/s1. The molecule has 0 spiro atoms.